The van der Waals surface area contributed by atoms with E-state index in [-0.39, 0.29) is 6.10 Å². The van der Waals surface area contributed by atoms with Crippen LogP contribution in [0.25, 0.3) is 6.08 Å². The molecule has 1 aromatic carbocycles. The molecule has 2 nitrogen and oxygen atoms in total. The van der Waals surface area contributed by atoms with Crippen LogP contribution in [0.15, 0.2) is 30.8 Å². The van der Waals surface area contributed by atoms with E-state index in [1.807, 2.05) is 12.1 Å². The summed E-state index contributed by atoms with van der Waals surface area (Å²) in [5, 5.41) is 0. The van der Waals surface area contributed by atoms with Crippen LogP contribution >= 0.6 is 0 Å². The summed E-state index contributed by atoms with van der Waals surface area (Å²) in [4.78, 5) is 0. The smallest absolute Gasteiger partial charge is 0.236 e. The Morgan fingerprint density at radius 3 is 2.58 bits per heavy atom. The first-order valence-corrected chi connectivity index (χ1v) is 7.86. The Morgan fingerprint density at radius 2 is 2.00 bits per heavy atom. The molecular weight excluding hydrogens is 252 g/mol. The molecule has 0 saturated heterocycles. The van der Waals surface area contributed by atoms with E-state index in [1.54, 1.807) is 7.11 Å². The summed E-state index contributed by atoms with van der Waals surface area (Å²) in [5.41, 5.74) is 2.90. The highest BCUT2D eigenvalue weighted by molar-refractivity contribution is 6.29. The Bertz CT molecular complexity index is 379. The summed E-state index contributed by atoms with van der Waals surface area (Å²) >= 11 is 0. The Kier molecular flexibility index (Phi) is 7.71. The van der Waals surface area contributed by atoms with Crippen LogP contribution in [0.2, 0.25) is 5.54 Å². The standard InChI is InChI=1S/C16H24O2Si/c1-5-13-10-8-9-11-15(13)16(7-3)18-19-14(6-2)12-17-4/h5,8-11,14,16H,1,6-7,12H2,2-4H3. The molecule has 0 N–H and O–H groups in total. The largest absolute Gasteiger partial charge is 0.410 e. The van der Waals surface area contributed by atoms with E-state index in [4.69, 9.17) is 9.16 Å². The van der Waals surface area contributed by atoms with E-state index in [0.717, 1.165) is 19.4 Å². The molecule has 0 aliphatic carbocycles. The number of rotatable bonds is 9. The molecule has 0 spiro atoms. The number of benzene rings is 1. The van der Waals surface area contributed by atoms with Gasteiger partial charge in [0.05, 0.1) is 6.10 Å². The van der Waals surface area contributed by atoms with Gasteiger partial charge in [-0.1, -0.05) is 57.2 Å². The van der Waals surface area contributed by atoms with Crippen molar-refractivity contribution < 1.29 is 9.16 Å². The maximum Gasteiger partial charge on any atom is 0.236 e. The minimum Gasteiger partial charge on any atom is -0.410 e. The van der Waals surface area contributed by atoms with E-state index in [0.29, 0.717) is 15.3 Å². The molecule has 0 bridgehead atoms. The lowest BCUT2D eigenvalue weighted by molar-refractivity contribution is 0.170. The first kappa shape index (κ1) is 16.2. The van der Waals surface area contributed by atoms with Crippen molar-refractivity contribution in [3.05, 3.63) is 42.0 Å². The highest BCUT2D eigenvalue weighted by Crippen LogP contribution is 2.26. The van der Waals surface area contributed by atoms with E-state index in [2.05, 4.69) is 38.6 Å². The first-order chi connectivity index (χ1) is 9.26. The quantitative estimate of drug-likeness (QED) is 0.627. The normalized spacial score (nSPS) is 14.1. The number of methoxy groups -OCH3 is 1. The second-order valence-electron chi connectivity index (χ2n) is 4.53. The van der Waals surface area contributed by atoms with E-state index in [9.17, 15) is 0 Å². The van der Waals surface area contributed by atoms with E-state index in [1.165, 1.54) is 11.1 Å². The molecule has 0 amide bonds. The van der Waals surface area contributed by atoms with Crippen molar-refractivity contribution in [3.63, 3.8) is 0 Å². The summed E-state index contributed by atoms with van der Waals surface area (Å²) in [6.45, 7) is 8.99. The molecule has 1 aromatic rings. The fourth-order valence-corrected chi connectivity index (χ4v) is 3.02. The van der Waals surface area contributed by atoms with Gasteiger partial charge in [0, 0.05) is 19.3 Å². The Hall–Kier alpha value is -0.903. The molecular formula is C16H24O2Si. The van der Waals surface area contributed by atoms with Crippen molar-refractivity contribution in [1.82, 2.24) is 0 Å². The molecule has 2 atom stereocenters. The highest BCUT2D eigenvalue weighted by Gasteiger charge is 2.16. The van der Waals surface area contributed by atoms with Gasteiger partial charge in [-0.2, -0.15) is 0 Å². The van der Waals surface area contributed by atoms with Crippen LogP contribution in [0.1, 0.15) is 43.9 Å². The summed E-state index contributed by atoms with van der Waals surface area (Å²) in [6.07, 6.45) is 4.11. The fourth-order valence-electron chi connectivity index (χ4n) is 1.97. The maximum absolute atomic E-state index is 6.13. The van der Waals surface area contributed by atoms with Gasteiger partial charge >= 0.3 is 0 Å². The van der Waals surface area contributed by atoms with E-state index >= 15 is 0 Å². The minimum absolute atomic E-state index is 0.151. The predicted octanol–water partition coefficient (Wildman–Crippen LogP) is 4.26. The second kappa shape index (κ2) is 9.07. The van der Waals surface area contributed by atoms with Gasteiger partial charge in [0.1, 0.15) is 0 Å². The molecule has 1 rings (SSSR count). The molecule has 3 heteroatoms. The molecule has 19 heavy (non-hydrogen) atoms. The topological polar surface area (TPSA) is 18.5 Å². The van der Waals surface area contributed by atoms with Gasteiger partial charge in [0.2, 0.25) is 9.76 Å². The molecule has 0 fully saturated rings. The summed E-state index contributed by atoms with van der Waals surface area (Å²) < 4.78 is 11.3. The fraction of sp³-hybridized carbons (Fsp3) is 0.500. The zero-order chi connectivity index (χ0) is 14.1. The van der Waals surface area contributed by atoms with Crippen molar-refractivity contribution in [2.45, 2.75) is 38.3 Å². The third-order valence-corrected chi connectivity index (χ3v) is 4.50. The molecule has 0 heterocycles. The Labute approximate surface area is 119 Å². The van der Waals surface area contributed by atoms with E-state index < -0.39 is 0 Å². The lowest BCUT2D eigenvalue weighted by Gasteiger charge is -2.21. The van der Waals surface area contributed by atoms with Crippen molar-refractivity contribution in [1.29, 1.82) is 0 Å². The molecule has 0 aromatic heterocycles. The molecule has 2 unspecified atom stereocenters. The lowest BCUT2D eigenvalue weighted by Crippen LogP contribution is -2.16. The Balaban J connectivity index is 2.69. The molecule has 2 radical (unpaired) electrons. The third kappa shape index (κ3) is 4.94. The van der Waals surface area contributed by atoms with Crippen molar-refractivity contribution >= 4 is 15.8 Å². The van der Waals surface area contributed by atoms with Gasteiger partial charge in [-0.05, 0) is 17.5 Å². The van der Waals surface area contributed by atoms with Crippen molar-refractivity contribution in [2.75, 3.05) is 13.7 Å². The molecule has 0 aliphatic heterocycles. The molecule has 0 aliphatic rings. The minimum atomic E-state index is 0.151. The Morgan fingerprint density at radius 1 is 1.26 bits per heavy atom. The summed E-state index contributed by atoms with van der Waals surface area (Å²) in [5.74, 6) is 0. The van der Waals surface area contributed by atoms with Gasteiger partial charge in [-0.3, -0.25) is 0 Å². The van der Waals surface area contributed by atoms with Gasteiger partial charge < -0.3 is 9.16 Å². The van der Waals surface area contributed by atoms with Crippen LogP contribution in [-0.4, -0.2) is 23.5 Å². The van der Waals surface area contributed by atoms with Crippen LogP contribution in [0.3, 0.4) is 0 Å². The SMILES string of the molecule is C=Cc1ccccc1C(CC)O[Si]C(CC)COC. The van der Waals surface area contributed by atoms with Crippen molar-refractivity contribution in [2.24, 2.45) is 0 Å². The third-order valence-electron chi connectivity index (χ3n) is 3.17. The number of hydrogen-bond acceptors (Lipinski definition) is 2. The lowest BCUT2D eigenvalue weighted by atomic mass is 10.0. The average Bonchev–Trinajstić information content (AvgIpc) is 2.47. The van der Waals surface area contributed by atoms with Crippen LogP contribution in [0.4, 0.5) is 0 Å². The highest BCUT2D eigenvalue weighted by atomic mass is 28.2. The second-order valence-corrected chi connectivity index (χ2v) is 5.81. The summed E-state index contributed by atoms with van der Waals surface area (Å²) in [6, 6.07) is 8.32. The van der Waals surface area contributed by atoms with Gasteiger partial charge in [0.25, 0.3) is 0 Å². The van der Waals surface area contributed by atoms with Gasteiger partial charge in [-0.25, -0.2) is 0 Å². The van der Waals surface area contributed by atoms with Crippen LogP contribution < -0.4 is 0 Å². The molecule has 0 saturated carbocycles. The average molecular weight is 276 g/mol. The zero-order valence-corrected chi connectivity index (χ0v) is 13.2. The van der Waals surface area contributed by atoms with Gasteiger partial charge in [0.15, 0.2) is 0 Å². The van der Waals surface area contributed by atoms with Crippen LogP contribution in [0, 0.1) is 0 Å². The van der Waals surface area contributed by atoms with Crippen LogP contribution in [0.5, 0.6) is 0 Å². The number of ether oxygens (including phenoxy) is 1. The predicted molar refractivity (Wildman–Crippen MR) is 82.3 cm³/mol. The van der Waals surface area contributed by atoms with Crippen molar-refractivity contribution in [3.8, 4) is 0 Å². The van der Waals surface area contributed by atoms with Crippen LogP contribution in [-0.2, 0) is 9.16 Å². The zero-order valence-electron chi connectivity index (χ0n) is 12.2. The number of hydrogen-bond donors (Lipinski definition) is 0. The summed E-state index contributed by atoms with van der Waals surface area (Å²) in [7, 11) is 2.23. The maximum atomic E-state index is 6.13. The van der Waals surface area contributed by atoms with Gasteiger partial charge in [-0.15, -0.1) is 0 Å². The molecule has 104 valence electrons. The first-order valence-electron chi connectivity index (χ1n) is 6.88. The monoisotopic (exact) mass is 276 g/mol.